The summed E-state index contributed by atoms with van der Waals surface area (Å²) in [5.41, 5.74) is 2.32. The van der Waals surface area contributed by atoms with E-state index in [9.17, 15) is 5.26 Å². The Morgan fingerprint density at radius 1 is 1.35 bits per heavy atom. The van der Waals surface area contributed by atoms with Crippen LogP contribution in [-0.4, -0.2) is 30.3 Å². The van der Waals surface area contributed by atoms with Gasteiger partial charge in [0.1, 0.15) is 17.4 Å². The van der Waals surface area contributed by atoms with Crippen molar-refractivity contribution < 1.29 is 14.2 Å². The summed E-state index contributed by atoms with van der Waals surface area (Å²) in [6, 6.07) is 7.56. The monoisotopic (exact) mass is 312 g/mol. The number of methoxy groups -OCH3 is 2. The van der Waals surface area contributed by atoms with Crippen molar-refractivity contribution >= 4 is 5.90 Å². The highest BCUT2D eigenvalue weighted by molar-refractivity contribution is 5.85. The van der Waals surface area contributed by atoms with Crippen LogP contribution >= 0.6 is 0 Å². The van der Waals surface area contributed by atoms with Gasteiger partial charge in [0.05, 0.1) is 20.3 Å². The first-order chi connectivity index (χ1) is 11.1. The van der Waals surface area contributed by atoms with E-state index < -0.39 is 11.8 Å². The van der Waals surface area contributed by atoms with Crippen molar-refractivity contribution in [1.29, 1.82) is 10.7 Å². The lowest BCUT2D eigenvalue weighted by molar-refractivity contribution is 0.388. The Morgan fingerprint density at radius 3 is 2.78 bits per heavy atom. The fourth-order valence-electron chi connectivity index (χ4n) is 2.90. The third-order valence-corrected chi connectivity index (χ3v) is 4.00. The molecule has 0 saturated heterocycles. The highest BCUT2D eigenvalue weighted by Crippen LogP contribution is 2.46. The number of H-pyrrole nitrogens is 1. The molecule has 1 aliphatic rings. The number of fused-ring (bicyclic) bond motifs is 1. The molecule has 0 aliphatic carbocycles. The first-order valence-corrected chi connectivity index (χ1v) is 7.03. The Hall–Kier alpha value is -3.01. The summed E-state index contributed by atoms with van der Waals surface area (Å²) in [7, 11) is 3.15. The number of benzene rings is 1. The molecular weight excluding hydrogens is 296 g/mol. The molecule has 2 atom stereocenters. The lowest BCUT2D eigenvalue weighted by atomic mass is 9.79. The predicted octanol–water partition coefficient (Wildman–Crippen LogP) is 2.38. The summed E-state index contributed by atoms with van der Waals surface area (Å²) < 4.78 is 16.1. The zero-order chi connectivity index (χ0) is 16.6. The molecule has 0 bridgehead atoms. The van der Waals surface area contributed by atoms with Gasteiger partial charge in [-0.25, -0.2) is 0 Å². The fraction of sp³-hybridized carbons (Fsp3) is 0.312. The van der Waals surface area contributed by atoms with Gasteiger partial charge in [-0.15, -0.1) is 5.10 Å². The number of aryl methyl sites for hydroxylation is 1. The van der Waals surface area contributed by atoms with Crippen molar-refractivity contribution in [2.75, 3.05) is 14.2 Å². The molecular formula is C16H16N4O3. The number of ether oxygens (including phenoxy) is 3. The molecule has 7 heteroatoms. The summed E-state index contributed by atoms with van der Waals surface area (Å²) in [6.45, 7) is 1.86. The Morgan fingerprint density at radius 2 is 2.13 bits per heavy atom. The maximum absolute atomic E-state index is 9.56. The van der Waals surface area contributed by atoms with E-state index in [4.69, 9.17) is 19.6 Å². The molecule has 2 unspecified atom stereocenters. The van der Waals surface area contributed by atoms with Gasteiger partial charge < -0.3 is 14.2 Å². The molecule has 118 valence electrons. The zero-order valence-corrected chi connectivity index (χ0v) is 13.0. The van der Waals surface area contributed by atoms with E-state index in [1.165, 1.54) is 0 Å². The van der Waals surface area contributed by atoms with Crippen LogP contribution in [0.15, 0.2) is 18.2 Å². The van der Waals surface area contributed by atoms with Gasteiger partial charge in [0.2, 0.25) is 11.8 Å². The molecule has 0 saturated carbocycles. The van der Waals surface area contributed by atoms with Crippen LogP contribution in [0.2, 0.25) is 0 Å². The molecule has 3 rings (SSSR count). The lowest BCUT2D eigenvalue weighted by Crippen LogP contribution is -2.31. The van der Waals surface area contributed by atoms with Crippen molar-refractivity contribution in [1.82, 2.24) is 10.2 Å². The largest absolute Gasteiger partial charge is 0.497 e. The number of nitrogens with zero attached hydrogens (tertiary/aromatic N) is 2. The first kappa shape index (κ1) is 14.9. The van der Waals surface area contributed by atoms with E-state index in [0.29, 0.717) is 17.4 Å². The molecule has 2 N–H and O–H groups in total. The first-order valence-electron chi connectivity index (χ1n) is 7.03. The second kappa shape index (κ2) is 5.65. The summed E-state index contributed by atoms with van der Waals surface area (Å²) >= 11 is 0. The standard InChI is InChI=1S/C16H16N4O3/c1-8-13-14(10-6-9(21-2)4-5-12(10)22-3)11(7-17)15(18)23-16(13)20-19-8/h4-6,11,14,18H,1-3H3,(H,19,20). The summed E-state index contributed by atoms with van der Waals surface area (Å²) in [4.78, 5) is 0. The number of nitriles is 1. The average Bonchev–Trinajstić information content (AvgIpc) is 2.93. The van der Waals surface area contributed by atoms with Crippen molar-refractivity contribution in [3.8, 4) is 23.4 Å². The topological polar surface area (TPSA) is 104 Å². The van der Waals surface area contributed by atoms with Gasteiger partial charge >= 0.3 is 0 Å². The molecule has 0 radical (unpaired) electrons. The summed E-state index contributed by atoms with van der Waals surface area (Å²) in [5, 5.41) is 24.5. The molecule has 2 aromatic rings. The number of nitrogens with one attached hydrogen (secondary N) is 2. The summed E-state index contributed by atoms with van der Waals surface area (Å²) in [5.74, 6) is 0.297. The minimum absolute atomic E-state index is 0.124. The van der Waals surface area contributed by atoms with Crippen LogP contribution in [0.25, 0.3) is 0 Å². The Bertz CT molecular complexity index is 806. The van der Waals surface area contributed by atoms with E-state index in [1.54, 1.807) is 26.4 Å². The normalized spacial score (nSPS) is 19.5. The van der Waals surface area contributed by atoms with E-state index in [2.05, 4.69) is 16.3 Å². The lowest BCUT2D eigenvalue weighted by Gasteiger charge is -2.29. The highest BCUT2D eigenvalue weighted by atomic mass is 16.5. The Balaban J connectivity index is 2.26. The molecule has 1 aliphatic heterocycles. The molecule has 0 fully saturated rings. The van der Waals surface area contributed by atoms with Crippen LogP contribution in [0.5, 0.6) is 17.4 Å². The smallest absolute Gasteiger partial charge is 0.243 e. The van der Waals surface area contributed by atoms with Gasteiger partial charge in [-0.3, -0.25) is 10.5 Å². The van der Waals surface area contributed by atoms with Crippen LogP contribution < -0.4 is 14.2 Å². The van der Waals surface area contributed by atoms with Gasteiger partial charge in [0.25, 0.3) is 0 Å². The number of hydrogen-bond acceptors (Lipinski definition) is 6. The van der Waals surface area contributed by atoms with Crippen LogP contribution in [0.1, 0.15) is 22.7 Å². The van der Waals surface area contributed by atoms with E-state index in [-0.39, 0.29) is 5.90 Å². The predicted molar refractivity (Wildman–Crippen MR) is 82.2 cm³/mol. The van der Waals surface area contributed by atoms with Crippen molar-refractivity contribution in [2.24, 2.45) is 5.92 Å². The SMILES string of the molecule is COc1ccc(OC)c(C2c3c(n[nH]c3C)OC(=N)C2C#N)c1. The molecule has 23 heavy (non-hydrogen) atoms. The van der Waals surface area contributed by atoms with Crippen molar-refractivity contribution in [3.63, 3.8) is 0 Å². The van der Waals surface area contributed by atoms with Crippen molar-refractivity contribution in [3.05, 3.63) is 35.0 Å². The van der Waals surface area contributed by atoms with Crippen LogP contribution in [0, 0.1) is 29.6 Å². The molecule has 1 aromatic carbocycles. The van der Waals surface area contributed by atoms with E-state index >= 15 is 0 Å². The third-order valence-electron chi connectivity index (χ3n) is 4.00. The number of aromatic nitrogens is 2. The highest BCUT2D eigenvalue weighted by Gasteiger charge is 2.41. The minimum atomic E-state index is -0.764. The van der Waals surface area contributed by atoms with Gasteiger partial charge in [-0.2, -0.15) is 5.26 Å². The van der Waals surface area contributed by atoms with Gasteiger partial charge in [0, 0.05) is 22.7 Å². The average molecular weight is 312 g/mol. The second-order valence-electron chi connectivity index (χ2n) is 5.23. The molecule has 0 amide bonds. The summed E-state index contributed by atoms with van der Waals surface area (Å²) in [6.07, 6.45) is 0. The van der Waals surface area contributed by atoms with E-state index in [1.807, 2.05) is 13.0 Å². The maximum Gasteiger partial charge on any atom is 0.243 e. The Kier molecular flexibility index (Phi) is 3.66. The van der Waals surface area contributed by atoms with Gasteiger partial charge in [0.15, 0.2) is 0 Å². The van der Waals surface area contributed by atoms with E-state index in [0.717, 1.165) is 16.8 Å². The quantitative estimate of drug-likeness (QED) is 0.905. The van der Waals surface area contributed by atoms with Crippen molar-refractivity contribution in [2.45, 2.75) is 12.8 Å². The fourth-order valence-corrected chi connectivity index (χ4v) is 2.90. The number of aromatic amines is 1. The maximum atomic E-state index is 9.56. The molecule has 7 nitrogen and oxygen atoms in total. The minimum Gasteiger partial charge on any atom is -0.497 e. The van der Waals surface area contributed by atoms with Gasteiger partial charge in [-0.1, -0.05) is 0 Å². The Labute approximate surface area is 133 Å². The number of rotatable bonds is 3. The van der Waals surface area contributed by atoms with Crippen LogP contribution in [0.3, 0.4) is 0 Å². The zero-order valence-electron chi connectivity index (χ0n) is 13.0. The molecule has 2 heterocycles. The molecule has 0 spiro atoms. The van der Waals surface area contributed by atoms with Crippen LogP contribution in [-0.2, 0) is 0 Å². The second-order valence-corrected chi connectivity index (χ2v) is 5.23. The van der Waals surface area contributed by atoms with Gasteiger partial charge in [-0.05, 0) is 25.1 Å². The molecule has 1 aromatic heterocycles. The number of hydrogen-bond donors (Lipinski definition) is 2. The van der Waals surface area contributed by atoms with Crippen LogP contribution in [0.4, 0.5) is 0 Å². The third kappa shape index (κ3) is 2.28.